The average Bonchev–Trinajstić information content (AvgIpc) is 2.62. The van der Waals surface area contributed by atoms with Gasteiger partial charge in [-0.2, -0.15) is 10.2 Å². The van der Waals surface area contributed by atoms with Crippen molar-refractivity contribution in [1.82, 2.24) is 15.1 Å². The quantitative estimate of drug-likeness (QED) is 0.867. The van der Waals surface area contributed by atoms with Gasteiger partial charge in [0.05, 0.1) is 18.5 Å². The Kier molecular flexibility index (Phi) is 5.08. The van der Waals surface area contributed by atoms with E-state index in [0.717, 1.165) is 55.1 Å². The third-order valence-electron chi connectivity index (χ3n) is 4.56. The van der Waals surface area contributed by atoms with E-state index in [1.54, 1.807) is 14.0 Å². The predicted molar refractivity (Wildman–Crippen MR) is 92.7 cm³/mol. The lowest BCUT2D eigenvalue weighted by atomic mass is 9.93. The highest BCUT2D eigenvalue weighted by Gasteiger charge is 2.22. The molecule has 5 nitrogen and oxygen atoms in total. The van der Waals surface area contributed by atoms with E-state index in [2.05, 4.69) is 10.2 Å². The zero-order valence-electron chi connectivity index (χ0n) is 14.2. The minimum Gasteiger partial charge on any atom is -0.496 e. The fourth-order valence-corrected chi connectivity index (χ4v) is 3.28. The summed E-state index contributed by atoms with van der Waals surface area (Å²) in [6.45, 7) is 3.35. The molecule has 0 N–H and O–H groups in total. The molecule has 1 aromatic carbocycles. The number of hydrogen-bond acceptors (Lipinski definition) is 4. The molecule has 1 unspecified atom stereocenters. The molecule has 1 saturated heterocycles. The second kappa shape index (κ2) is 7.43. The van der Waals surface area contributed by atoms with E-state index in [4.69, 9.17) is 4.74 Å². The number of amides is 1. The van der Waals surface area contributed by atoms with Crippen LogP contribution in [0.15, 0.2) is 36.4 Å². The molecule has 1 amide bonds. The number of carbonyl (C=O) groups excluding carboxylic acids is 1. The van der Waals surface area contributed by atoms with Crippen molar-refractivity contribution in [2.75, 3.05) is 20.2 Å². The Morgan fingerprint density at radius 1 is 1.25 bits per heavy atom. The third kappa shape index (κ3) is 3.72. The Hall–Kier alpha value is -2.43. The number of piperidine rings is 1. The number of para-hydroxylation sites is 1. The summed E-state index contributed by atoms with van der Waals surface area (Å²) in [6, 6.07) is 11.8. The van der Waals surface area contributed by atoms with Crippen molar-refractivity contribution in [2.45, 2.75) is 26.2 Å². The van der Waals surface area contributed by atoms with E-state index in [-0.39, 0.29) is 5.91 Å². The van der Waals surface area contributed by atoms with Gasteiger partial charge in [-0.1, -0.05) is 12.1 Å². The summed E-state index contributed by atoms with van der Waals surface area (Å²) in [5.74, 6) is 1.43. The minimum absolute atomic E-state index is 0.164. The fraction of sp³-hybridized carbons (Fsp3) is 0.421. The van der Waals surface area contributed by atoms with Crippen LogP contribution in [0.3, 0.4) is 0 Å². The van der Waals surface area contributed by atoms with E-state index in [9.17, 15) is 4.79 Å². The summed E-state index contributed by atoms with van der Waals surface area (Å²) < 4.78 is 5.38. The number of ether oxygens (including phenoxy) is 1. The lowest BCUT2D eigenvalue weighted by Crippen LogP contribution is -2.39. The molecule has 2 aromatic rings. The van der Waals surface area contributed by atoms with Crippen LogP contribution in [-0.2, 0) is 11.2 Å². The molecular formula is C19H23N3O2. The smallest absolute Gasteiger partial charge is 0.219 e. The van der Waals surface area contributed by atoms with Crippen molar-refractivity contribution < 1.29 is 9.53 Å². The lowest BCUT2D eigenvalue weighted by molar-refractivity contribution is -0.130. The van der Waals surface area contributed by atoms with Crippen LogP contribution in [0.4, 0.5) is 0 Å². The van der Waals surface area contributed by atoms with Crippen LogP contribution in [0.5, 0.6) is 5.75 Å². The summed E-state index contributed by atoms with van der Waals surface area (Å²) in [5.41, 5.74) is 2.73. The summed E-state index contributed by atoms with van der Waals surface area (Å²) in [7, 11) is 1.66. The summed E-state index contributed by atoms with van der Waals surface area (Å²) >= 11 is 0. The van der Waals surface area contributed by atoms with Gasteiger partial charge in [0.1, 0.15) is 5.75 Å². The van der Waals surface area contributed by atoms with Gasteiger partial charge in [0.25, 0.3) is 0 Å². The molecule has 0 bridgehead atoms. The van der Waals surface area contributed by atoms with Crippen LogP contribution in [0.1, 0.15) is 25.5 Å². The van der Waals surface area contributed by atoms with Crippen LogP contribution < -0.4 is 4.74 Å². The standard InChI is InChI=1S/C19H23N3O2/c1-14(23)22-11-5-6-15(13-22)12-16-9-10-18(21-20-16)17-7-3-4-8-19(17)24-2/h3-4,7-10,15H,5-6,11-13H2,1-2H3. The molecule has 24 heavy (non-hydrogen) atoms. The first-order chi connectivity index (χ1) is 11.7. The Morgan fingerprint density at radius 2 is 2.08 bits per heavy atom. The van der Waals surface area contributed by atoms with Gasteiger partial charge in [0.15, 0.2) is 0 Å². The molecule has 0 saturated carbocycles. The summed E-state index contributed by atoms with van der Waals surface area (Å²) in [4.78, 5) is 13.5. The molecule has 1 fully saturated rings. The van der Waals surface area contributed by atoms with E-state index in [1.807, 2.05) is 41.3 Å². The lowest BCUT2D eigenvalue weighted by Gasteiger charge is -2.31. The van der Waals surface area contributed by atoms with E-state index in [0.29, 0.717) is 5.92 Å². The van der Waals surface area contributed by atoms with Crippen LogP contribution in [0, 0.1) is 5.92 Å². The van der Waals surface area contributed by atoms with Crippen molar-refractivity contribution in [1.29, 1.82) is 0 Å². The third-order valence-corrected chi connectivity index (χ3v) is 4.56. The van der Waals surface area contributed by atoms with Gasteiger partial charge in [-0.05, 0) is 49.4 Å². The monoisotopic (exact) mass is 325 g/mol. The molecule has 1 aliphatic heterocycles. The number of carbonyl (C=O) groups is 1. The maximum atomic E-state index is 11.5. The number of rotatable bonds is 4. The number of aromatic nitrogens is 2. The van der Waals surface area contributed by atoms with Gasteiger partial charge in [-0.25, -0.2) is 0 Å². The second-order valence-corrected chi connectivity index (χ2v) is 6.29. The van der Waals surface area contributed by atoms with Crippen LogP contribution in [0.25, 0.3) is 11.3 Å². The number of nitrogens with zero attached hydrogens (tertiary/aromatic N) is 3. The highest BCUT2D eigenvalue weighted by Crippen LogP contribution is 2.28. The Balaban J connectivity index is 1.70. The van der Waals surface area contributed by atoms with Crippen molar-refractivity contribution in [3.63, 3.8) is 0 Å². The normalized spacial score (nSPS) is 17.6. The zero-order valence-corrected chi connectivity index (χ0v) is 14.2. The molecule has 1 atom stereocenters. The highest BCUT2D eigenvalue weighted by atomic mass is 16.5. The molecule has 0 spiro atoms. The molecular weight excluding hydrogens is 302 g/mol. The number of hydrogen-bond donors (Lipinski definition) is 0. The van der Waals surface area contributed by atoms with Gasteiger partial charge < -0.3 is 9.64 Å². The van der Waals surface area contributed by atoms with Crippen LogP contribution in [-0.4, -0.2) is 41.2 Å². The molecule has 126 valence electrons. The SMILES string of the molecule is COc1ccccc1-c1ccc(CC2CCCN(C(C)=O)C2)nn1. The highest BCUT2D eigenvalue weighted by molar-refractivity contribution is 5.73. The second-order valence-electron chi connectivity index (χ2n) is 6.29. The van der Waals surface area contributed by atoms with Gasteiger partial charge in [-0.15, -0.1) is 0 Å². The molecule has 2 heterocycles. The Morgan fingerprint density at radius 3 is 2.79 bits per heavy atom. The first-order valence-corrected chi connectivity index (χ1v) is 8.39. The van der Waals surface area contributed by atoms with Crippen LogP contribution >= 0.6 is 0 Å². The number of benzene rings is 1. The molecule has 1 aromatic heterocycles. The molecule has 3 rings (SSSR count). The first kappa shape index (κ1) is 16.4. The van der Waals surface area contributed by atoms with E-state index >= 15 is 0 Å². The van der Waals surface area contributed by atoms with Gasteiger partial charge in [0, 0.05) is 25.6 Å². The van der Waals surface area contributed by atoms with Crippen molar-refractivity contribution in [3.05, 3.63) is 42.1 Å². The molecule has 5 heteroatoms. The fourth-order valence-electron chi connectivity index (χ4n) is 3.28. The topological polar surface area (TPSA) is 55.3 Å². The predicted octanol–water partition coefficient (Wildman–Crippen LogP) is 2.95. The molecule has 0 radical (unpaired) electrons. The molecule has 0 aliphatic carbocycles. The summed E-state index contributed by atoms with van der Waals surface area (Å²) in [6.07, 6.45) is 3.07. The van der Waals surface area contributed by atoms with Crippen molar-refractivity contribution in [2.24, 2.45) is 5.92 Å². The minimum atomic E-state index is 0.164. The maximum Gasteiger partial charge on any atom is 0.219 e. The Bertz CT molecular complexity index is 700. The van der Waals surface area contributed by atoms with Crippen molar-refractivity contribution >= 4 is 5.91 Å². The Labute approximate surface area is 142 Å². The van der Waals surface area contributed by atoms with Crippen molar-refractivity contribution in [3.8, 4) is 17.0 Å². The molecule has 1 aliphatic rings. The summed E-state index contributed by atoms with van der Waals surface area (Å²) in [5, 5.41) is 8.75. The largest absolute Gasteiger partial charge is 0.496 e. The zero-order chi connectivity index (χ0) is 16.9. The average molecular weight is 325 g/mol. The van der Waals surface area contributed by atoms with Gasteiger partial charge in [-0.3, -0.25) is 4.79 Å². The van der Waals surface area contributed by atoms with Gasteiger partial charge >= 0.3 is 0 Å². The maximum absolute atomic E-state index is 11.5. The number of likely N-dealkylation sites (tertiary alicyclic amines) is 1. The van der Waals surface area contributed by atoms with Gasteiger partial charge in [0.2, 0.25) is 5.91 Å². The first-order valence-electron chi connectivity index (χ1n) is 8.39. The van der Waals surface area contributed by atoms with E-state index < -0.39 is 0 Å². The van der Waals surface area contributed by atoms with Crippen LogP contribution in [0.2, 0.25) is 0 Å². The number of methoxy groups -OCH3 is 1. The van der Waals surface area contributed by atoms with E-state index in [1.165, 1.54) is 0 Å².